The fourth-order valence-electron chi connectivity index (χ4n) is 2.19. The molecule has 3 aromatic rings. The molecule has 1 heterocycles. The molecule has 0 aliphatic rings. The number of aromatic amines is 1. The first-order chi connectivity index (χ1) is 8.68. The van der Waals surface area contributed by atoms with E-state index in [-0.39, 0.29) is 0 Å². The third kappa shape index (κ3) is 1.72. The topological polar surface area (TPSA) is 20.7 Å². The van der Waals surface area contributed by atoms with Gasteiger partial charge < -0.3 is 4.98 Å². The van der Waals surface area contributed by atoms with Gasteiger partial charge in [0.2, 0.25) is 0 Å². The number of imidazole rings is 1. The number of nitrogens with one attached hydrogen (secondary N) is 1. The molecular weight excluding hydrogens is 308 g/mol. The SMILES string of the molecule is Cc1cccc2[nH]c(=S)n(-c3ccccc3Br)c12. The molecule has 0 spiro atoms. The Morgan fingerprint density at radius 1 is 1.11 bits per heavy atom. The Labute approximate surface area is 118 Å². The molecule has 1 N–H and O–H groups in total. The van der Waals surface area contributed by atoms with Gasteiger partial charge in [0.15, 0.2) is 4.77 Å². The van der Waals surface area contributed by atoms with E-state index in [4.69, 9.17) is 12.2 Å². The van der Waals surface area contributed by atoms with Crippen LogP contribution in [0.2, 0.25) is 0 Å². The van der Waals surface area contributed by atoms with Crippen molar-refractivity contribution in [1.82, 2.24) is 9.55 Å². The highest BCUT2D eigenvalue weighted by molar-refractivity contribution is 9.10. The van der Waals surface area contributed by atoms with Crippen molar-refractivity contribution in [2.45, 2.75) is 6.92 Å². The largest absolute Gasteiger partial charge is 0.330 e. The second-order valence-electron chi connectivity index (χ2n) is 4.19. The Morgan fingerprint density at radius 2 is 1.89 bits per heavy atom. The summed E-state index contributed by atoms with van der Waals surface area (Å²) in [6, 6.07) is 14.3. The quantitative estimate of drug-likeness (QED) is 0.641. The van der Waals surface area contributed by atoms with Gasteiger partial charge in [0.05, 0.1) is 16.7 Å². The Kier molecular flexibility index (Phi) is 2.84. The van der Waals surface area contributed by atoms with Crippen LogP contribution >= 0.6 is 28.1 Å². The molecule has 3 rings (SSSR count). The molecule has 0 fully saturated rings. The summed E-state index contributed by atoms with van der Waals surface area (Å²) >= 11 is 9.02. The zero-order chi connectivity index (χ0) is 12.7. The fourth-order valence-corrected chi connectivity index (χ4v) is 2.95. The predicted molar refractivity (Wildman–Crippen MR) is 80.9 cm³/mol. The number of para-hydroxylation sites is 2. The molecule has 0 saturated heterocycles. The minimum absolute atomic E-state index is 0.714. The van der Waals surface area contributed by atoms with E-state index in [0.29, 0.717) is 4.77 Å². The van der Waals surface area contributed by atoms with Crippen LogP contribution in [0, 0.1) is 11.7 Å². The molecule has 2 aromatic carbocycles. The van der Waals surface area contributed by atoms with Gasteiger partial charge in [0.25, 0.3) is 0 Å². The second kappa shape index (κ2) is 4.37. The maximum atomic E-state index is 5.44. The van der Waals surface area contributed by atoms with Gasteiger partial charge in [-0.1, -0.05) is 24.3 Å². The highest BCUT2D eigenvalue weighted by atomic mass is 79.9. The van der Waals surface area contributed by atoms with E-state index in [0.717, 1.165) is 21.2 Å². The van der Waals surface area contributed by atoms with Gasteiger partial charge >= 0.3 is 0 Å². The van der Waals surface area contributed by atoms with Gasteiger partial charge in [-0.15, -0.1) is 0 Å². The number of benzene rings is 2. The number of rotatable bonds is 1. The summed E-state index contributed by atoms with van der Waals surface area (Å²) < 4.78 is 3.82. The van der Waals surface area contributed by atoms with E-state index in [2.05, 4.69) is 44.5 Å². The number of aromatic nitrogens is 2. The molecule has 0 bridgehead atoms. The molecule has 1 aromatic heterocycles. The maximum absolute atomic E-state index is 5.44. The van der Waals surface area contributed by atoms with Gasteiger partial charge in [0.1, 0.15) is 0 Å². The van der Waals surface area contributed by atoms with Crippen LogP contribution in [0.25, 0.3) is 16.7 Å². The van der Waals surface area contributed by atoms with Crippen LogP contribution in [0.15, 0.2) is 46.9 Å². The van der Waals surface area contributed by atoms with Gasteiger partial charge in [0, 0.05) is 4.47 Å². The third-order valence-electron chi connectivity index (χ3n) is 3.00. The Bertz CT molecular complexity index is 786. The molecule has 0 radical (unpaired) electrons. The molecule has 0 aliphatic heterocycles. The summed E-state index contributed by atoms with van der Waals surface area (Å²) in [5.41, 5.74) is 4.46. The standard InChI is InChI=1S/C14H11BrN2S/c1-9-5-4-7-11-13(9)17(14(18)16-11)12-8-3-2-6-10(12)15/h2-8H,1H3,(H,16,18). The van der Waals surface area contributed by atoms with Crippen molar-refractivity contribution < 1.29 is 0 Å². The number of nitrogens with zero attached hydrogens (tertiary/aromatic N) is 1. The molecule has 0 atom stereocenters. The Balaban J connectivity index is 2.47. The van der Waals surface area contributed by atoms with E-state index in [1.165, 1.54) is 5.56 Å². The van der Waals surface area contributed by atoms with Crippen molar-refractivity contribution in [3.63, 3.8) is 0 Å². The monoisotopic (exact) mass is 318 g/mol. The van der Waals surface area contributed by atoms with E-state index in [1.54, 1.807) is 0 Å². The molecule has 0 aliphatic carbocycles. The average Bonchev–Trinajstić information content (AvgIpc) is 2.68. The summed E-state index contributed by atoms with van der Waals surface area (Å²) in [6.45, 7) is 2.10. The number of fused-ring (bicyclic) bond motifs is 1. The highest BCUT2D eigenvalue weighted by Crippen LogP contribution is 2.27. The normalized spacial score (nSPS) is 11.0. The van der Waals surface area contributed by atoms with Crippen molar-refractivity contribution in [3.05, 3.63) is 57.3 Å². The van der Waals surface area contributed by atoms with Crippen LogP contribution in [-0.4, -0.2) is 9.55 Å². The van der Waals surface area contributed by atoms with Crippen molar-refractivity contribution >= 4 is 39.2 Å². The fraction of sp³-hybridized carbons (Fsp3) is 0.0714. The zero-order valence-corrected chi connectivity index (χ0v) is 12.2. The maximum Gasteiger partial charge on any atom is 0.182 e. The molecule has 0 amide bonds. The lowest BCUT2D eigenvalue weighted by molar-refractivity contribution is 1.05. The summed E-state index contributed by atoms with van der Waals surface area (Å²) in [5, 5.41) is 0. The summed E-state index contributed by atoms with van der Waals surface area (Å²) in [5.74, 6) is 0. The lowest BCUT2D eigenvalue weighted by Gasteiger charge is -2.08. The summed E-state index contributed by atoms with van der Waals surface area (Å²) in [4.78, 5) is 3.25. The first kappa shape index (κ1) is 11.7. The van der Waals surface area contributed by atoms with Crippen LogP contribution in [-0.2, 0) is 0 Å². The first-order valence-corrected chi connectivity index (χ1v) is 6.84. The van der Waals surface area contributed by atoms with Crippen LogP contribution in [0.1, 0.15) is 5.56 Å². The van der Waals surface area contributed by atoms with Gasteiger partial charge in [-0.2, -0.15) is 0 Å². The predicted octanol–water partition coefficient (Wildman–Crippen LogP) is 4.76. The molecule has 0 unspecified atom stereocenters. The number of halogens is 1. The number of H-pyrrole nitrogens is 1. The molecule has 90 valence electrons. The van der Waals surface area contributed by atoms with Crippen molar-refractivity contribution in [2.24, 2.45) is 0 Å². The first-order valence-electron chi connectivity index (χ1n) is 5.64. The van der Waals surface area contributed by atoms with Crippen LogP contribution in [0.3, 0.4) is 0 Å². The van der Waals surface area contributed by atoms with Gasteiger partial charge in [-0.05, 0) is 58.8 Å². The number of aryl methyl sites for hydroxylation is 1. The van der Waals surface area contributed by atoms with E-state index >= 15 is 0 Å². The smallest absolute Gasteiger partial charge is 0.182 e. The van der Waals surface area contributed by atoms with Crippen LogP contribution in [0.4, 0.5) is 0 Å². The lowest BCUT2D eigenvalue weighted by Crippen LogP contribution is -1.96. The molecular formula is C14H11BrN2S. The van der Waals surface area contributed by atoms with Gasteiger partial charge in [-0.3, -0.25) is 4.57 Å². The average molecular weight is 319 g/mol. The second-order valence-corrected chi connectivity index (χ2v) is 5.43. The molecule has 2 nitrogen and oxygen atoms in total. The minimum atomic E-state index is 0.714. The minimum Gasteiger partial charge on any atom is -0.330 e. The van der Waals surface area contributed by atoms with Crippen LogP contribution in [0.5, 0.6) is 0 Å². The van der Waals surface area contributed by atoms with Crippen LogP contribution < -0.4 is 0 Å². The summed E-state index contributed by atoms with van der Waals surface area (Å²) in [6.07, 6.45) is 0. The lowest BCUT2D eigenvalue weighted by atomic mass is 10.2. The van der Waals surface area contributed by atoms with Crippen molar-refractivity contribution in [1.29, 1.82) is 0 Å². The Morgan fingerprint density at radius 3 is 2.67 bits per heavy atom. The van der Waals surface area contributed by atoms with E-state index < -0.39 is 0 Å². The highest BCUT2D eigenvalue weighted by Gasteiger charge is 2.10. The molecule has 0 saturated carbocycles. The summed E-state index contributed by atoms with van der Waals surface area (Å²) in [7, 11) is 0. The van der Waals surface area contributed by atoms with Crippen molar-refractivity contribution in [3.8, 4) is 5.69 Å². The van der Waals surface area contributed by atoms with Gasteiger partial charge in [-0.25, -0.2) is 0 Å². The molecule has 4 heteroatoms. The van der Waals surface area contributed by atoms with E-state index in [1.807, 2.05) is 30.3 Å². The van der Waals surface area contributed by atoms with E-state index in [9.17, 15) is 0 Å². The molecule has 18 heavy (non-hydrogen) atoms. The van der Waals surface area contributed by atoms with Crippen molar-refractivity contribution in [2.75, 3.05) is 0 Å². The number of hydrogen-bond donors (Lipinski definition) is 1. The number of hydrogen-bond acceptors (Lipinski definition) is 1. The third-order valence-corrected chi connectivity index (χ3v) is 3.95. The Hall–Kier alpha value is -1.39. The zero-order valence-electron chi connectivity index (χ0n) is 9.77.